The van der Waals surface area contributed by atoms with Crippen molar-refractivity contribution in [3.05, 3.63) is 0 Å². The van der Waals surface area contributed by atoms with Crippen LogP contribution >= 0.6 is 0 Å². The molecule has 0 aromatic carbocycles. The van der Waals surface area contributed by atoms with Crippen LogP contribution in [0.1, 0.15) is 13.3 Å². The molecule has 0 saturated carbocycles. The Balaban J connectivity index is 4.02. The highest BCUT2D eigenvalue weighted by molar-refractivity contribution is 4.73. The second-order valence-corrected chi connectivity index (χ2v) is 2.93. The molecule has 0 fully saturated rings. The van der Waals surface area contributed by atoms with Crippen molar-refractivity contribution in [1.82, 2.24) is 4.90 Å². The van der Waals surface area contributed by atoms with Crippen molar-refractivity contribution in [2.75, 3.05) is 26.9 Å². The Bertz CT molecular complexity index is 90.5. The minimum Gasteiger partial charge on any atom is -0.395 e. The van der Waals surface area contributed by atoms with Crippen molar-refractivity contribution in [2.45, 2.75) is 25.4 Å². The molecule has 0 rings (SSSR count). The first-order valence-corrected chi connectivity index (χ1v) is 4.25. The van der Waals surface area contributed by atoms with E-state index in [1.54, 1.807) is 11.9 Å². The summed E-state index contributed by atoms with van der Waals surface area (Å²) < 4.78 is 0. The van der Waals surface area contributed by atoms with Gasteiger partial charge in [-0.25, -0.2) is 0 Å². The smallest absolute Gasteiger partial charge is 0.0609 e. The maximum atomic E-state index is 8.93. The van der Waals surface area contributed by atoms with Crippen LogP contribution in [0, 0.1) is 0 Å². The molecule has 1 unspecified atom stereocenters. The summed E-state index contributed by atoms with van der Waals surface area (Å²) in [7, 11) is 1.79. The van der Waals surface area contributed by atoms with E-state index < -0.39 is 0 Å². The standard InChI is InChI=1S/C8H19NO3/c1-3-7(4-10)9(2)8(5-11)6-12/h7-8,10-12H,3-6H2,1-2H3. The van der Waals surface area contributed by atoms with Crippen molar-refractivity contribution in [2.24, 2.45) is 0 Å². The summed E-state index contributed by atoms with van der Waals surface area (Å²) in [5.41, 5.74) is 0. The van der Waals surface area contributed by atoms with Gasteiger partial charge in [0.25, 0.3) is 0 Å². The summed E-state index contributed by atoms with van der Waals surface area (Å²) in [6, 6.07) is -0.239. The van der Waals surface area contributed by atoms with Gasteiger partial charge in [0.05, 0.1) is 25.9 Å². The van der Waals surface area contributed by atoms with E-state index in [1.807, 2.05) is 6.92 Å². The van der Waals surface area contributed by atoms with E-state index in [2.05, 4.69) is 0 Å². The average Bonchev–Trinajstić information content (AvgIpc) is 2.09. The van der Waals surface area contributed by atoms with E-state index in [4.69, 9.17) is 15.3 Å². The van der Waals surface area contributed by atoms with E-state index in [0.717, 1.165) is 6.42 Å². The molecule has 4 nitrogen and oxygen atoms in total. The van der Waals surface area contributed by atoms with Gasteiger partial charge in [-0.3, -0.25) is 4.90 Å². The minimum atomic E-state index is -0.262. The van der Waals surface area contributed by atoms with E-state index in [-0.39, 0.29) is 31.9 Å². The molecule has 0 aliphatic heterocycles. The SMILES string of the molecule is CCC(CO)N(C)C(CO)CO. The molecule has 4 heteroatoms. The van der Waals surface area contributed by atoms with Crippen LogP contribution in [0.5, 0.6) is 0 Å². The molecule has 0 bridgehead atoms. The van der Waals surface area contributed by atoms with Crippen LogP contribution in [0.2, 0.25) is 0 Å². The summed E-state index contributed by atoms with van der Waals surface area (Å²) in [5.74, 6) is 0. The van der Waals surface area contributed by atoms with Crippen molar-refractivity contribution in [3.8, 4) is 0 Å². The Morgan fingerprint density at radius 2 is 1.42 bits per heavy atom. The van der Waals surface area contributed by atoms with Gasteiger partial charge in [0, 0.05) is 6.04 Å². The van der Waals surface area contributed by atoms with Gasteiger partial charge in [0.2, 0.25) is 0 Å². The Hall–Kier alpha value is -0.160. The second-order valence-electron chi connectivity index (χ2n) is 2.93. The van der Waals surface area contributed by atoms with Crippen molar-refractivity contribution in [3.63, 3.8) is 0 Å². The third-order valence-corrected chi connectivity index (χ3v) is 2.26. The number of nitrogens with zero attached hydrogens (tertiary/aromatic N) is 1. The molecular formula is C8H19NO3. The van der Waals surface area contributed by atoms with Crippen LogP contribution in [-0.4, -0.2) is 59.2 Å². The van der Waals surface area contributed by atoms with Crippen LogP contribution in [0.15, 0.2) is 0 Å². The Morgan fingerprint density at radius 3 is 1.67 bits per heavy atom. The fourth-order valence-corrected chi connectivity index (χ4v) is 1.16. The highest BCUT2D eigenvalue weighted by Gasteiger charge is 2.19. The van der Waals surface area contributed by atoms with Gasteiger partial charge in [-0.05, 0) is 13.5 Å². The van der Waals surface area contributed by atoms with Gasteiger partial charge in [0.1, 0.15) is 0 Å². The van der Waals surface area contributed by atoms with Gasteiger partial charge in [-0.2, -0.15) is 0 Å². The normalized spacial score (nSPS) is 14.2. The molecule has 0 radical (unpaired) electrons. The van der Waals surface area contributed by atoms with E-state index in [9.17, 15) is 0 Å². The summed E-state index contributed by atoms with van der Waals surface area (Å²) >= 11 is 0. The number of aliphatic hydroxyl groups excluding tert-OH is 3. The van der Waals surface area contributed by atoms with E-state index in [1.165, 1.54) is 0 Å². The lowest BCUT2D eigenvalue weighted by molar-refractivity contribution is 0.0407. The Morgan fingerprint density at radius 1 is 1.00 bits per heavy atom. The maximum absolute atomic E-state index is 8.93. The molecule has 0 amide bonds. The zero-order valence-corrected chi connectivity index (χ0v) is 7.77. The molecule has 3 N–H and O–H groups in total. The number of hydrogen-bond donors (Lipinski definition) is 3. The summed E-state index contributed by atoms with van der Waals surface area (Å²) in [5, 5.41) is 26.6. The highest BCUT2D eigenvalue weighted by Crippen LogP contribution is 2.05. The van der Waals surface area contributed by atoms with E-state index >= 15 is 0 Å². The topological polar surface area (TPSA) is 63.9 Å². The third kappa shape index (κ3) is 3.06. The van der Waals surface area contributed by atoms with Crippen molar-refractivity contribution >= 4 is 0 Å². The van der Waals surface area contributed by atoms with Gasteiger partial charge >= 0.3 is 0 Å². The quantitative estimate of drug-likeness (QED) is 0.489. The lowest BCUT2D eigenvalue weighted by Crippen LogP contribution is -2.45. The molecule has 74 valence electrons. The van der Waals surface area contributed by atoms with E-state index in [0.29, 0.717) is 0 Å². The summed E-state index contributed by atoms with van der Waals surface area (Å²) in [6.45, 7) is 1.86. The fraction of sp³-hybridized carbons (Fsp3) is 1.00. The number of aliphatic hydroxyl groups is 3. The first kappa shape index (κ1) is 11.8. The van der Waals surface area contributed by atoms with Gasteiger partial charge in [-0.1, -0.05) is 6.92 Å². The molecular weight excluding hydrogens is 158 g/mol. The van der Waals surface area contributed by atoms with Crippen LogP contribution in [0.25, 0.3) is 0 Å². The minimum absolute atomic E-state index is 0.0225. The molecule has 0 heterocycles. The number of hydrogen-bond acceptors (Lipinski definition) is 4. The molecule has 0 saturated heterocycles. The molecule has 0 aliphatic carbocycles. The second kappa shape index (κ2) is 6.37. The molecule has 0 aliphatic rings. The predicted octanol–water partition coefficient (Wildman–Crippen LogP) is -0.958. The largest absolute Gasteiger partial charge is 0.395 e. The zero-order valence-electron chi connectivity index (χ0n) is 7.77. The monoisotopic (exact) mass is 177 g/mol. The van der Waals surface area contributed by atoms with Crippen LogP contribution in [0.3, 0.4) is 0 Å². The summed E-state index contributed by atoms with van der Waals surface area (Å²) in [6.07, 6.45) is 0.809. The first-order valence-electron chi connectivity index (χ1n) is 4.25. The number of likely N-dealkylation sites (N-methyl/N-ethyl adjacent to an activating group) is 1. The lowest BCUT2D eigenvalue weighted by Gasteiger charge is -2.31. The first-order chi connectivity index (χ1) is 5.71. The zero-order chi connectivity index (χ0) is 9.56. The summed E-state index contributed by atoms with van der Waals surface area (Å²) in [4.78, 5) is 1.81. The van der Waals surface area contributed by atoms with Gasteiger partial charge in [-0.15, -0.1) is 0 Å². The Kier molecular flexibility index (Phi) is 6.28. The Labute approximate surface area is 73.4 Å². The maximum Gasteiger partial charge on any atom is 0.0609 e. The highest BCUT2D eigenvalue weighted by atomic mass is 16.3. The molecule has 0 aromatic rings. The van der Waals surface area contributed by atoms with Crippen molar-refractivity contribution < 1.29 is 15.3 Å². The molecule has 1 atom stereocenters. The molecule has 0 spiro atoms. The lowest BCUT2D eigenvalue weighted by atomic mass is 10.1. The molecule has 0 aromatic heterocycles. The molecule has 12 heavy (non-hydrogen) atoms. The van der Waals surface area contributed by atoms with Crippen LogP contribution < -0.4 is 0 Å². The average molecular weight is 177 g/mol. The predicted molar refractivity (Wildman–Crippen MR) is 46.9 cm³/mol. The number of rotatable bonds is 6. The van der Waals surface area contributed by atoms with Gasteiger partial charge < -0.3 is 15.3 Å². The fourth-order valence-electron chi connectivity index (χ4n) is 1.16. The van der Waals surface area contributed by atoms with Crippen molar-refractivity contribution in [1.29, 1.82) is 0 Å². The van der Waals surface area contributed by atoms with Crippen LogP contribution in [-0.2, 0) is 0 Å². The third-order valence-electron chi connectivity index (χ3n) is 2.26. The van der Waals surface area contributed by atoms with Gasteiger partial charge in [0.15, 0.2) is 0 Å². The van der Waals surface area contributed by atoms with Crippen LogP contribution in [0.4, 0.5) is 0 Å².